The molecule has 400 valence electrons. The summed E-state index contributed by atoms with van der Waals surface area (Å²) in [6.45, 7) is 28.7. The number of likely N-dealkylation sites (N-methyl/N-ethyl adjacent to an activating group) is 1. The lowest BCUT2D eigenvalue weighted by Gasteiger charge is -2.41. The molecule has 0 aliphatic carbocycles. The number of fused-ring (bicyclic) bond motifs is 2. The fraction of sp³-hybridized carbons (Fsp3) is 0.483. The van der Waals surface area contributed by atoms with Crippen LogP contribution in [-0.2, 0) is 33.7 Å². The molecule has 1 N–H and O–H groups in total. The third-order valence-corrected chi connectivity index (χ3v) is 15.4. The maximum Gasteiger partial charge on any atom is 0.410 e. The van der Waals surface area contributed by atoms with Gasteiger partial charge in [-0.3, -0.25) is 19.4 Å². The number of carbonyl (C=O) groups is 3. The minimum Gasteiger partial charge on any atom is -0.462 e. The Labute approximate surface area is 456 Å². The van der Waals surface area contributed by atoms with Crippen LogP contribution < -0.4 is 19.9 Å². The molecule has 18 heteroatoms. The molecule has 3 aromatic carbocycles. The van der Waals surface area contributed by atoms with Crippen LogP contribution in [0.4, 0.5) is 16.3 Å². The average Bonchev–Trinajstić information content (AvgIpc) is 4.12. The van der Waals surface area contributed by atoms with Crippen LogP contribution in [0, 0.1) is 13.1 Å². The van der Waals surface area contributed by atoms with Crippen LogP contribution in [0.5, 0.6) is 6.01 Å². The number of thiazole rings is 1. The SMILES string of the molecule is [C-]#[N+]C[C@H]1CN(c2nc(OC[C@@H]3CCCN3CCCCNC(=O)CCc3ccc(C(CCC)N(C)C(=O)/C(=C/c4nccs4)[N+]#[C-])cc3)nc3c2CCN(c2cccc4cccc(Cl)c24)C3)CCN1C(=O)OC(C)(C)C. The number of aromatic nitrogens is 3. The highest BCUT2D eigenvalue weighted by atomic mass is 35.5. The first-order valence-corrected chi connectivity index (χ1v) is 27.9. The van der Waals surface area contributed by atoms with Crippen molar-refractivity contribution in [3.63, 3.8) is 0 Å². The van der Waals surface area contributed by atoms with Crippen molar-refractivity contribution in [1.29, 1.82) is 0 Å². The molecule has 3 aliphatic rings. The molecule has 16 nitrogen and oxygen atoms in total. The third-order valence-electron chi connectivity index (χ3n) is 14.4. The normalized spacial score (nSPS) is 17.4. The summed E-state index contributed by atoms with van der Waals surface area (Å²) in [5.41, 5.74) is 4.41. The van der Waals surface area contributed by atoms with Crippen LogP contribution in [-0.4, -0.2) is 131 Å². The standard InChI is InChI=1S/C58H70ClN11O5S/c1-8-14-49(66(7)55(72)47(61-6)35-52-63-28-34-76-52)41-23-20-40(21-24-41)22-25-51(71)62-27-9-10-29-67-30-13-17-43(67)39-74-56-64-48-38-68(50-19-12-16-42-15-11-18-46(59)53(42)50)31-26-45(48)54(65-56)69-32-33-70(44(37-69)36-60-5)57(73)75-58(2,3)4/h11-12,15-16,18-21,23-24,28,34-35,43-44,49H,8-10,13-14,17,22,25-27,29-33,36-39H2,1-4,7H3,(H,62,71)/b47-35-/t43-,44-,49?/m0/s1. The Kier molecular flexibility index (Phi) is 18.8. The van der Waals surface area contributed by atoms with E-state index in [2.05, 4.69) is 65.9 Å². The number of hydrogen-bond donors (Lipinski definition) is 1. The van der Waals surface area contributed by atoms with Crippen molar-refractivity contribution in [2.75, 3.05) is 75.8 Å². The molecule has 0 radical (unpaired) electrons. The van der Waals surface area contributed by atoms with E-state index in [0.29, 0.717) is 74.6 Å². The van der Waals surface area contributed by atoms with E-state index >= 15 is 0 Å². The second-order valence-corrected chi connectivity index (χ2v) is 22.2. The molecule has 3 amide bonds. The zero-order valence-electron chi connectivity index (χ0n) is 44.5. The maximum atomic E-state index is 13.4. The number of nitrogens with one attached hydrogen (secondary N) is 1. The Morgan fingerprint density at radius 3 is 2.54 bits per heavy atom. The number of rotatable bonds is 20. The molecule has 3 aliphatic heterocycles. The molecule has 0 bridgehead atoms. The van der Waals surface area contributed by atoms with Gasteiger partial charge in [0.1, 0.15) is 29.1 Å². The van der Waals surface area contributed by atoms with Gasteiger partial charge in [0.2, 0.25) is 12.5 Å². The van der Waals surface area contributed by atoms with E-state index in [1.807, 2.05) is 62.5 Å². The molecule has 76 heavy (non-hydrogen) atoms. The summed E-state index contributed by atoms with van der Waals surface area (Å²) < 4.78 is 12.3. The summed E-state index contributed by atoms with van der Waals surface area (Å²) in [7, 11) is 1.75. The number of aryl methyl sites for hydroxylation is 1. The summed E-state index contributed by atoms with van der Waals surface area (Å²) in [4.78, 5) is 71.7. The van der Waals surface area contributed by atoms with Gasteiger partial charge in [-0.1, -0.05) is 73.5 Å². The first kappa shape index (κ1) is 55.4. The van der Waals surface area contributed by atoms with Gasteiger partial charge in [-0.05, 0) is 114 Å². The molecule has 0 saturated carbocycles. The molecule has 5 aromatic rings. The molecule has 8 rings (SSSR count). The number of piperazine rings is 1. The van der Waals surface area contributed by atoms with Crippen LogP contribution >= 0.6 is 22.9 Å². The zero-order chi connectivity index (χ0) is 53.8. The first-order valence-electron chi connectivity index (χ1n) is 26.6. The highest BCUT2D eigenvalue weighted by molar-refractivity contribution is 7.10. The fourth-order valence-corrected chi connectivity index (χ4v) is 11.4. The van der Waals surface area contributed by atoms with Gasteiger partial charge in [-0.15, -0.1) is 11.3 Å². The largest absolute Gasteiger partial charge is 0.462 e. The van der Waals surface area contributed by atoms with E-state index < -0.39 is 11.7 Å². The zero-order valence-corrected chi connectivity index (χ0v) is 46.0. The Morgan fingerprint density at radius 2 is 1.80 bits per heavy atom. The van der Waals surface area contributed by atoms with Crippen LogP contribution in [0.25, 0.3) is 26.5 Å². The maximum absolute atomic E-state index is 13.4. The molecule has 2 fully saturated rings. The van der Waals surface area contributed by atoms with E-state index in [1.165, 1.54) is 11.3 Å². The number of amides is 3. The van der Waals surface area contributed by atoms with Crippen LogP contribution in [0.15, 0.2) is 77.9 Å². The number of ether oxygens (including phenoxy) is 2. The van der Waals surface area contributed by atoms with E-state index in [1.54, 1.807) is 29.1 Å². The molecule has 3 atom stereocenters. The van der Waals surface area contributed by atoms with E-state index in [0.717, 1.165) is 103 Å². The number of hydrogen-bond acceptors (Lipinski definition) is 12. The van der Waals surface area contributed by atoms with Gasteiger partial charge < -0.3 is 34.3 Å². The highest BCUT2D eigenvalue weighted by Crippen LogP contribution is 2.38. The Balaban J connectivity index is 0.850. The lowest BCUT2D eigenvalue weighted by Crippen LogP contribution is -2.57. The number of carbonyl (C=O) groups excluding carboxylic acids is 3. The molecule has 5 heterocycles. The summed E-state index contributed by atoms with van der Waals surface area (Å²) >= 11 is 8.21. The van der Waals surface area contributed by atoms with Crippen molar-refractivity contribution in [1.82, 2.24) is 35.0 Å². The molecule has 0 spiro atoms. The van der Waals surface area contributed by atoms with Crippen molar-refractivity contribution in [2.24, 2.45) is 0 Å². The van der Waals surface area contributed by atoms with Crippen molar-refractivity contribution in [3.8, 4) is 6.01 Å². The Hall–Kier alpha value is -6.79. The van der Waals surface area contributed by atoms with E-state index in [4.69, 9.17) is 44.2 Å². The summed E-state index contributed by atoms with van der Waals surface area (Å²) in [5.74, 6) is 0.479. The van der Waals surface area contributed by atoms with E-state index in [-0.39, 0.29) is 42.2 Å². The van der Waals surface area contributed by atoms with Crippen molar-refractivity contribution >= 4 is 69.2 Å². The number of unbranched alkanes of at least 4 members (excludes halogenated alkanes) is 1. The summed E-state index contributed by atoms with van der Waals surface area (Å²) in [5, 5.41) is 8.35. The van der Waals surface area contributed by atoms with Gasteiger partial charge in [-0.25, -0.2) is 21.2 Å². The minimum atomic E-state index is -0.655. The van der Waals surface area contributed by atoms with Crippen molar-refractivity contribution in [2.45, 2.75) is 116 Å². The Morgan fingerprint density at radius 1 is 1.00 bits per heavy atom. The van der Waals surface area contributed by atoms with Gasteiger partial charge in [-0.2, -0.15) is 9.97 Å². The number of benzene rings is 3. The van der Waals surface area contributed by atoms with Gasteiger partial charge in [0.05, 0.1) is 29.9 Å². The number of likely N-dealkylation sites (tertiary alicyclic amines) is 1. The number of nitrogens with zero attached hydrogens (tertiary/aromatic N) is 10. The second kappa shape index (κ2) is 25.8. The van der Waals surface area contributed by atoms with Crippen molar-refractivity contribution in [3.05, 3.63) is 133 Å². The molecule has 2 aromatic heterocycles. The molecular formula is C58H70ClN11O5S. The predicted molar refractivity (Wildman–Crippen MR) is 300 cm³/mol. The van der Waals surface area contributed by atoms with Crippen molar-refractivity contribution < 1.29 is 23.9 Å². The lowest BCUT2D eigenvalue weighted by molar-refractivity contribution is -0.127. The molecule has 1 unspecified atom stereocenters. The van der Waals surface area contributed by atoms with Gasteiger partial charge in [0.25, 0.3) is 11.6 Å². The van der Waals surface area contributed by atoms with Crippen LogP contribution in [0.2, 0.25) is 5.02 Å². The Bertz CT molecular complexity index is 2930. The van der Waals surface area contributed by atoms with Gasteiger partial charge >= 0.3 is 12.1 Å². The monoisotopic (exact) mass is 1070 g/mol. The van der Waals surface area contributed by atoms with E-state index in [9.17, 15) is 14.4 Å². The van der Waals surface area contributed by atoms with Gasteiger partial charge in [0, 0.05) is 80.4 Å². The molecular weight excluding hydrogens is 998 g/mol. The van der Waals surface area contributed by atoms with Crippen LogP contribution in [0.1, 0.15) is 106 Å². The lowest BCUT2D eigenvalue weighted by atomic mass is 9.98. The highest BCUT2D eigenvalue weighted by Gasteiger charge is 2.38. The van der Waals surface area contributed by atoms with Gasteiger partial charge in [0.15, 0.2) is 0 Å². The molecule has 2 saturated heterocycles. The minimum absolute atomic E-state index is 0.0182. The fourth-order valence-electron chi connectivity index (χ4n) is 10.5. The van der Waals surface area contributed by atoms with Crippen LogP contribution in [0.3, 0.4) is 0 Å². The first-order chi connectivity index (χ1) is 36.7. The smallest absolute Gasteiger partial charge is 0.410 e. The number of anilines is 2. The quantitative estimate of drug-likeness (QED) is 0.0452. The third kappa shape index (κ3) is 14.0. The summed E-state index contributed by atoms with van der Waals surface area (Å²) in [6.07, 6.45) is 9.94. The predicted octanol–water partition coefficient (Wildman–Crippen LogP) is 10.3. The topological polar surface area (TPSA) is 145 Å². The number of halogens is 1. The summed E-state index contributed by atoms with van der Waals surface area (Å²) in [6, 6.07) is 20.3. The average molecular weight is 1070 g/mol. The second-order valence-electron chi connectivity index (χ2n) is 20.8.